The minimum atomic E-state index is -0.817. The molecule has 1 fully saturated rings. The number of aromatic nitrogens is 2. The lowest BCUT2D eigenvalue weighted by molar-refractivity contribution is -0.389. The first-order valence-electron chi connectivity index (χ1n) is 6.51. The van der Waals surface area contributed by atoms with Crippen LogP contribution < -0.4 is 4.90 Å². The van der Waals surface area contributed by atoms with Crippen molar-refractivity contribution in [3.8, 4) is 0 Å². The molecule has 0 aromatic carbocycles. The van der Waals surface area contributed by atoms with Gasteiger partial charge in [-0.25, -0.2) is 0 Å². The van der Waals surface area contributed by atoms with Crippen molar-refractivity contribution in [3.05, 3.63) is 21.7 Å². The Labute approximate surface area is 123 Å². The lowest BCUT2D eigenvalue weighted by Crippen LogP contribution is -2.43. The number of imidazole rings is 1. The molecule has 1 N–H and O–H groups in total. The van der Waals surface area contributed by atoms with Crippen molar-refractivity contribution in [2.45, 2.75) is 19.8 Å². The predicted molar refractivity (Wildman–Crippen MR) is 76.9 cm³/mol. The van der Waals surface area contributed by atoms with Crippen molar-refractivity contribution < 1.29 is 14.8 Å². The highest BCUT2D eigenvalue weighted by Gasteiger charge is 2.39. The summed E-state index contributed by atoms with van der Waals surface area (Å²) < 4.78 is 1.46. The van der Waals surface area contributed by atoms with Crippen LogP contribution in [0.3, 0.4) is 0 Å². The summed E-state index contributed by atoms with van der Waals surface area (Å²) in [5, 5.41) is 22.3. The number of nitrogens with zero attached hydrogens (tertiary/aromatic N) is 4. The first-order valence-corrected chi connectivity index (χ1v) is 7.39. The van der Waals surface area contributed by atoms with Crippen LogP contribution in [-0.2, 0) is 4.79 Å². The summed E-state index contributed by atoms with van der Waals surface area (Å²) in [6, 6.07) is 0. The third kappa shape index (κ3) is 2.13. The zero-order valence-electron chi connectivity index (χ0n) is 11.4. The average molecular weight is 310 g/mol. The van der Waals surface area contributed by atoms with Crippen LogP contribution in [0.1, 0.15) is 19.8 Å². The highest BCUT2D eigenvalue weighted by molar-refractivity contribution is 7.15. The Bertz CT molecular complexity index is 714. The normalized spacial score (nSPS) is 18.0. The summed E-state index contributed by atoms with van der Waals surface area (Å²) in [5.41, 5.74) is -0.762. The molecule has 0 spiro atoms. The molecule has 1 aliphatic rings. The second kappa shape index (κ2) is 4.69. The van der Waals surface area contributed by atoms with E-state index in [2.05, 4.69) is 4.98 Å². The number of piperidine rings is 1. The molecule has 1 aliphatic heterocycles. The Balaban J connectivity index is 1.92. The number of fused-ring (bicyclic) bond motifs is 1. The summed E-state index contributed by atoms with van der Waals surface area (Å²) in [6.07, 6.45) is 2.52. The lowest BCUT2D eigenvalue weighted by atomic mass is 9.80. The van der Waals surface area contributed by atoms with E-state index in [4.69, 9.17) is 0 Å². The van der Waals surface area contributed by atoms with Crippen LogP contribution in [0.25, 0.3) is 4.96 Å². The standard InChI is InChI=1S/C12H14N4O4S/c1-12(10(17)18)2-4-14(5-3-12)8-9(16(19)20)15-6-7-21-11(15)13-8/h6-7H,2-5H2,1H3,(H,17,18). The Kier molecular flexibility index (Phi) is 3.08. The summed E-state index contributed by atoms with van der Waals surface area (Å²) in [5.74, 6) is -0.535. The zero-order chi connectivity index (χ0) is 15.2. The fraction of sp³-hybridized carbons (Fsp3) is 0.500. The first kappa shape index (κ1) is 13.8. The maximum Gasteiger partial charge on any atom is 0.373 e. The Hall–Kier alpha value is -2.16. The van der Waals surface area contributed by atoms with Gasteiger partial charge in [-0.1, -0.05) is 11.3 Å². The quantitative estimate of drug-likeness (QED) is 0.687. The van der Waals surface area contributed by atoms with Crippen molar-refractivity contribution in [1.29, 1.82) is 0 Å². The molecule has 2 aromatic rings. The van der Waals surface area contributed by atoms with Crippen LogP contribution in [0, 0.1) is 15.5 Å². The highest BCUT2D eigenvalue weighted by Crippen LogP contribution is 2.37. The molecule has 112 valence electrons. The van der Waals surface area contributed by atoms with Crippen molar-refractivity contribution in [3.63, 3.8) is 0 Å². The molecule has 0 aliphatic carbocycles. The van der Waals surface area contributed by atoms with Crippen LogP contribution in [0.4, 0.5) is 11.6 Å². The third-order valence-corrected chi connectivity index (χ3v) is 4.83. The maximum atomic E-state index is 11.3. The number of nitro groups is 1. The maximum absolute atomic E-state index is 11.3. The molecule has 2 aromatic heterocycles. The molecule has 1 saturated heterocycles. The topological polar surface area (TPSA) is 101 Å². The molecule has 0 saturated carbocycles. The number of hydrogen-bond acceptors (Lipinski definition) is 6. The van der Waals surface area contributed by atoms with Crippen LogP contribution in [0.2, 0.25) is 0 Å². The summed E-state index contributed by atoms with van der Waals surface area (Å²) in [6.45, 7) is 2.62. The predicted octanol–water partition coefficient (Wildman–Crippen LogP) is 2.00. The molecule has 0 bridgehead atoms. The summed E-state index contributed by atoms with van der Waals surface area (Å²) >= 11 is 1.34. The molecular weight excluding hydrogens is 296 g/mol. The van der Waals surface area contributed by atoms with Crippen LogP contribution >= 0.6 is 11.3 Å². The van der Waals surface area contributed by atoms with Gasteiger partial charge in [0.15, 0.2) is 0 Å². The SMILES string of the molecule is CC1(C(=O)O)CCN(c2nc3sccn3c2[N+](=O)[O-])CC1. The van der Waals surface area contributed by atoms with Crippen LogP contribution in [0.5, 0.6) is 0 Å². The number of thiazole rings is 1. The third-order valence-electron chi connectivity index (χ3n) is 4.07. The molecule has 0 radical (unpaired) electrons. The van der Waals surface area contributed by atoms with E-state index in [1.165, 1.54) is 15.7 Å². The molecular formula is C12H14N4O4S. The van der Waals surface area contributed by atoms with E-state index >= 15 is 0 Å². The van der Waals surface area contributed by atoms with Gasteiger partial charge in [0.2, 0.25) is 5.82 Å². The Morgan fingerprint density at radius 1 is 1.52 bits per heavy atom. The first-order chi connectivity index (χ1) is 9.92. The van der Waals surface area contributed by atoms with Gasteiger partial charge in [0.25, 0.3) is 4.96 Å². The fourth-order valence-corrected chi connectivity index (χ4v) is 3.27. The van der Waals surface area contributed by atoms with E-state index in [0.29, 0.717) is 36.7 Å². The second-order valence-electron chi connectivity index (χ2n) is 5.42. The van der Waals surface area contributed by atoms with Crippen LogP contribution in [-0.4, -0.2) is 38.5 Å². The molecule has 0 amide bonds. The average Bonchev–Trinajstić information content (AvgIpc) is 2.98. The highest BCUT2D eigenvalue weighted by atomic mass is 32.1. The van der Waals surface area contributed by atoms with Gasteiger partial charge in [-0.15, -0.1) is 0 Å². The molecule has 3 rings (SSSR count). The Morgan fingerprint density at radius 3 is 2.76 bits per heavy atom. The molecule has 0 atom stereocenters. The van der Waals surface area contributed by atoms with Gasteiger partial charge in [-0.3, -0.25) is 4.79 Å². The van der Waals surface area contributed by atoms with Gasteiger partial charge in [0, 0.05) is 18.5 Å². The van der Waals surface area contributed by atoms with Crippen molar-refractivity contribution in [2.24, 2.45) is 5.41 Å². The largest absolute Gasteiger partial charge is 0.481 e. The molecule has 3 heterocycles. The van der Waals surface area contributed by atoms with Gasteiger partial charge in [-0.2, -0.15) is 9.38 Å². The molecule has 8 nitrogen and oxygen atoms in total. The number of anilines is 1. The van der Waals surface area contributed by atoms with E-state index in [1.54, 1.807) is 18.5 Å². The summed E-state index contributed by atoms with van der Waals surface area (Å²) in [7, 11) is 0. The number of hydrogen-bond donors (Lipinski definition) is 1. The van der Waals surface area contributed by atoms with Crippen molar-refractivity contribution in [1.82, 2.24) is 9.38 Å². The lowest BCUT2D eigenvalue weighted by Gasteiger charge is -2.36. The van der Waals surface area contributed by atoms with E-state index < -0.39 is 16.3 Å². The number of carbonyl (C=O) groups is 1. The monoisotopic (exact) mass is 310 g/mol. The van der Waals surface area contributed by atoms with Gasteiger partial charge in [0.1, 0.15) is 6.20 Å². The second-order valence-corrected chi connectivity index (χ2v) is 6.30. The van der Waals surface area contributed by atoms with Gasteiger partial charge < -0.3 is 20.1 Å². The summed E-state index contributed by atoms with van der Waals surface area (Å²) in [4.78, 5) is 28.8. The number of rotatable bonds is 3. The Morgan fingerprint density at radius 2 is 2.19 bits per heavy atom. The van der Waals surface area contributed by atoms with Gasteiger partial charge in [-0.05, 0) is 24.7 Å². The van der Waals surface area contributed by atoms with E-state index in [1.807, 2.05) is 4.90 Å². The van der Waals surface area contributed by atoms with Gasteiger partial charge in [0.05, 0.1) is 5.41 Å². The van der Waals surface area contributed by atoms with E-state index in [0.717, 1.165) is 0 Å². The van der Waals surface area contributed by atoms with Crippen LogP contribution in [0.15, 0.2) is 11.6 Å². The zero-order valence-corrected chi connectivity index (χ0v) is 12.2. The number of carboxylic acid groups (broad SMARTS) is 1. The van der Waals surface area contributed by atoms with Crippen molar-refractivity contribution >= 4 is 33.9 Å². The molecule has 9 heteroatoms. The smallest absolute Gasteiger partial charge is 0.373 e. The van der Waals surface area contributed by atoms with Crippen molar-refractivity contribution in [2.75, 3.05) is 18.0 Å². The minimum absolute atomic E-state index is 0.0508. The molecule has 21 heavy (non-hydrogen) atoms. The minimum Gasteiger partial charge on any atom is -0.481 e. The number of aliphatic carboxylic acids is 1. The molecule has 0 unspecified atom stereocenters. The van der Waals surface area contributed by atoms with E-state index in [9.17, 15) is 20.0 Å². The van der Waals surface area contributed by atoms with E-state index in [-0.39, 0.29) is 5.82 Å². The van der Waals surface area contributed by atoms with Gasteiger partial charge >= 0.3 is 11.8 Å². The number of carboxylic acids is 1. The fourth-order valence-electron chi connectivity index (χ4n) is 2.57.